The highest BCUT2D eigenvalue weighted by atomic mass is 16.5. The summed E-state index contributed by atoms with van der Waals surface area (Å²) in [6.07, 6.45) is 6.34. The molecule has 2 aromatic rings. The van der Waals surface area contributed by atoms with E-state index in [-0.39, 0.29) is 5.91 Å². The number of carboxylic acid groups (broad SMARTS) is 1. The van der Waals surface area contributed by atoms with E-state index >= 15 is 0 Å². The second kappa shape index (κ2) is 10.7. The van der Waals surface area contributed by atoms with Gasteiger partial charge in [0.2, 0.25) is 5.91 Å². The molecule has 0 aromatic heterocycles. The zero-order valence-electron chi connectivity index (χ0n) is 16.8. The lowest BCUT2D eigenvalue weighted by Gasteiger charge is -2.18. The Morgan fingerprint density at radius 1 is 1.14 bits per heavy atom. The number of allylic oxidation sites excluding steroid dienone is 3. The van der Waals surface area contributed by atoms with E-state index in [9.17, 15) is 9.59 Å². The lowest BCUT2D eigenvalue weighted by molar-refractivity contribution is -0.131. The number of methoxy groups -OCH3 is 1. The number of benzene rings is 2. The molecular formula is C23H26N2O4. The van der Waals surface area contributed by atoms with Gasteiger partial charge in [0.25, 0.3) is 0 Å². The summed E-state index contributed by atoms with van der Waals surface area (Å²) in [7, 11) is 5.49. The Balaban J connectivity index is 2.22. The molecule has 0 saturated heterocycles. The number of nitrogens with one attached hydrogen (secondary N) is 1. The zero-order valence-corrected chi connectivity index (χ0v) is 16.8. The molecule has 6 nitrogen and oxygen atoms in total. The van der Waals surface area contributed by atoms with Gasteiger partial charge in [-0.1, -0.05) is 36.4 Å². The van der Waals surface area contributed by atoms with Crippen LogP contribution in [0, 0.1) is 0 Å². The standard InChI is InChI=1S/C23H26N2O4/c1-25(2)19-14-12-17(13-15-19)21(10-5-4-6-11-22(26)27)23(28)24-18-8-7-9-20(16-18)29-3/h4-9,11-16,21H,10H2,1-3H3,(H,24,28)(H,26,27)/t21-/m0/s1. The van der Waals surface area contributed by atoms with Gasteiger partial charge >= 0.3 is 5.97 Å². The molecule has 29 heavy (non-hydrogen) atoms. The summed E-state index contributed by atoms with van der Waals surface area (Å²) < 4.78 is 5.21. The highest BCUT2D eigenvalue weighted by molar-refractivity contribution is 5.96. The van der Waals surface area contributed by atoms with E-state index in [4.69, 9.17) is 9.84 Å². The van der Waals surface area contributed by atoms with Gasteiger partial charge in [-0.05, 0) is 36.2 Å². The number of carbonyl (C=O) groups excluding carboxylic acids is 1. The molecular weight excluding hydrogens is 368 g/mol. The molecule has 152 valence electrons. The van der Waals surface area contributed by atoms with Crippen molar-refractivity contribution in [2.24, 2.45) is 0 Å². The molecule has 0 aliphatic rings. The van der Waals surface area contributed by atoms with E-state index in [1.165, 1.54) is 6.08 Å². The number of carboxylic acids is 1. The van der Waals surface area contributed by atoms with Crippen LogP contribution in [-0.2, 0) is 9.59 Å². The quantitative estimate of drug-likeness (QED) is 0.495. The minimum Gasteiger partial charge on any atom is -0.497 e. The smallest absolute Gasteiger partial charge is 0.328 e. The summed E-state index contributed by atoms with van der Waals surface area (Å²) in [4.78, 5) is 25.6. The summed E-state index contributed by atoms with van der Waals surface area (Å²) in [6, 6.07) is 15.0. The Hall–Kier alpha value is -3.54. The maximum Gasteiger partial charge on any atom is 0.328 e. The van der Waals surface area contributed by atoms with Gasteiger partial charge in [-0.15, -0.1) is 0 Å². The van der Waals surface area contributed by atoms with E-state index in [0.717, 1.165) is 17.3 Å². The molecule has 1 atom stereocenters. The number of ether oxygens (including phenoxy) is 1. The third kappa shape index (κ3) is 6.84. The van der Waals surface area contributed by atoms with Crippen LogP contribution in [-0.4, -0.2) is 38.2 Å². The van der Waals surface area contributed by atoms with Crippen molar-refractivity contribution in [2.75, 3.05) is 31.4 Å². The number of rotatable bonds is 9. The average molecular weight is 394 g/mol. The van der Waals surface area contributed by atoms with Crippen LogP contribution in [0.1, 0.15) is 17.9 Å². The minimum atomic E-state index is -1.01. The molecule has 0 heterocycles. The normalized spacial score (nSPS) is 12.1. The van der Waals surface area contributed by atoms with E-state index in [1.54, 1.807) is 31.4 Å². The molecule has 0 aliphatic heterocycles. The van der Waals surface area contributed by atoms with Gasteiger partial charge in [-0.2, -0.15) is 0 Å². The van der Waals surface area contributed by atoms with Gasteiger partial charge in [0, 0.05) is 37.6 Å². The van der Waals surface area contributed by atoms with Crippen LogP contribution in [0.3, 0.4) is 0 Å². The molecule has 2 aromatic carbocycles. The third-order valence-corrected chi connectivity index (χ3v) is 4.32. The van der Waals surface area contributed by atoms with Crippen molar-refractivity contribution in [1.82, 2.24) is 0 Å². The van der Waals surface area contributed by atoms with Crippen LogP contribution in [0.25, 0.3) is 0 Å². The predicted molar refractivity (Wildman–Crippen MR) is 116 cm³/mol. The van der Waals surface area contributed by atoms with Gasteiger partial charge in [-0.3, -0.25) is 4.79 Å². The van der Waals surface area contributed by atoms with Crippen LogP contribution >= 0.6 is 0 Å². The molecule has 0 unspecified atom stereocenters. The van der Waals surface area contributed by atoms with Crippen molar-refractivity contribution in [3.63, 3.8) is 0 Å². The summed E-state index contributed by atoms with van der Waals surface area (Å²) in [5, 5.41) is 11.6. The van der Waals surface area contributed by atoms with Gasteiger partial charge in [0.15, 0.2) is 0 Å². The number of anilines is 2. The number of hydrogen-bond acceptors (Lipinski definition) is 4. The van der Waals surface area contributed by atoms with Crippen molar-refractivity contribution in [1.29, 1.82) is 0 Å². The molecule has 0 saturated carbocycles. The van der Waals surface area contributed by atoms with Crippen molar-refractivity contribution in [2.45, 2.75) is 12.3 Å². The van der Waals surface area contributed by atoms with Gasteiger partial charge < -0.3 is 20.1 Å². The van der Waals surface area contributed by atoms with Crippen LogP contribution in [0.2, 0.25) is 0 Å². The predicted octanol–water partition coefficient (Wildman–Crippen LogP) is 4.07. The first-order chi connectivity index (χ1) is 13.9. The Morgan fingerprint density at radius 3 is 2.48 bits per heavy atom. The van der Waals surface area contributed by atoms with Crippen LogP contribution in [0.4, 0.5) is 11.4 Å². The minimum absolute atomic E-state index is 0.150. The molecule has 6 heteroatoms. The lowest BCUT2D eigenvalue weighted by atomic mass is 9.94. The maximum absolute atomic E-state index is 13.0. The highest BCUT2D eigenvalue weighted by Gasteiger charge is 2.20. The summed E-state index contributed by atoms with van der Waals surface area (Å²) in [5.41, 5.74) is 2.57. The molecule has 2 rings (SSSR count). The first-order valence-electron chi connectivity index (χ1n) is 9.19. The van der Waals surface area contributed by atoms with E-state index in [2.05, 4.69) is 5.32 Å². The van der Waals surface area contributed by atoms with Crippen molar-refractivity contribution < 1.29 is 19.4 Å². The monoisotopic (exact) mass is 394 g/mol. The molecule has 0 radical (unpaired) electrons. The van der Waals surface area contributed by atoms with Gasteiger partial charge in [-0.25, -0.2) is 4.79 Å². The maximum atomic E-state index is 13.0. The Morgan fingerprint density at radius 2 is 1.86 bits per heavy atom. The fourth-order valence-electron chi connectivity index (χ4n) is 2.76. The summed E-state index contributed by atoms with van der Waals surface area (Å²) >= 11 is 0. The third-order valence-electron chi connectivity index (χ3n) is 4.32. The van der Waals surface area contributed by atoms with Crippen molar-refractivity contribution in [3.05, 3.63) is 78.4 Å². The highest BCUT2D eigenvalue weighted by Crippen LogP contribution is 2.26. The second-order valence-corrected chi connectivity index (χ2v) is 6.62. The number of amides is 1. The van der Waals surface area contributed by atoms with E-state index in [1.807, 2.05) is 55.4 Å². The second-order valence-electron chi connectivity index (χ2n) is 6.62. The van der Waals surface area contributed by atoms with Gasteiger partial charge in [0.05, 0.1) is 13.0 Å². The lowest BCUT2D eigenvalue weighted by Crippen LogP contribution is -2.21. The topological polar surface area (TPSA) is 78.9 Å². The molecule has 1 amide bonds. The number of carbonyl (C=O) groups is 2. The van der Waals surface area contributed by atoms with Crippen LogP contribution < -0.4 is 15.0 Å². The summed E-state index contributed by atoms with van der Waals surface area (Å²) in [5.74, 6) is -0.927. The van der Waals surface area contributed by atoms with Crippen molar-refractivity contribution in [3.8, 4) is 5.75 Å². The molecule has 0 aliphatic carbocycles. The zero-order chi connectivity index (χ0) is 21.2. The number of nitrogens with zero attached hydrogens (tertiary/aromatic N) is 1. The van der Waals surface area contributed by atoms with E-state index in [0.29, 0.717) is 17.9 Å². The average Bonchev–Trinajstić information content (AvgIpc) is 2.70. The van der Waals surface area contributed by atoms with Gasteiger partial charge in [0.1, 0.15) is 5.75 Å². The largest absolute Gasteiger partial charge is 0.497 e. The number of aliphatic carboxylic acids is 1. The molecule has 0 fully saturated rings. The Kier molecular flexibility index (Phi) is 8.03. The first-order valence-corrected chi connectivity index (χ1v) is 9.19. The fourth-order valence-corrected chi connectivity index (χ4v) is 2.76. The number of hydrogen-bond donors (Lipinski definition) is 2. The summed E-state index contributed by atoms with van der Waals surface area (Å²) in [6.45, 7) is 0. The first kappa shape index (κ1) is 21.8. The molecule has 2 N–H and O–H groups in total. The molecule has 0 bridgehead atoms. The fraction of sp³-hybridized carbons (Fsp3) is 0.217. The van der Waals surface area contributed by atoms with Crippen molar-refractivity contribution >= 4 is 23.3 Å². The molecule has 0 spiro atoms. The van der Waals surface area contributed by atoms with Crippen LogP contribution in [0.15, 0.2) is 72.8 Å². The Bertz CT molecular complexity index is 886. The van der Waals surface area contributed by atoms with Crippen LogP contribution in [0.5, 0.6) is 5.75 Å². The van der Waals surface area contributed by atoms with E-state index < -0.39 is 11.9 Å². The SMILES string of the molecule is COc1cccc(NC(=O)[C@@H](CC=CC=CC(=O)O)c2ccc(N(C)C)cc2)c1. The Labute approximate surface area is 171 Å².